The van der Waals surface area contributed by atoms with Crippen molar-refractivity contribution in [3.8, 4) is 5.75 Å². The van der Waals surface area contributed by atoms with Gasteiger partial charge in [0.1, 0.15) is 5.75 Å². The highest BCUT2D eigenvalue weighted by Crippen LogP contribution is 2.23. The van der Waals surface area contributed by atoms with Gasteiger partial charge in [-0.05, 0) is 41.5 Å². The Morgan fingerprint density at radius 1 is 1.12 bits per heavy atom. The zero-order valence-corrected chi connectivity index (χ0v) is 15.5. The van der Waals surface area contributed by atoms with Gasteiger partial charge in [0.25, 0.3) is 5.91 Å². The number of hydrogen-bond donors (Lipinski definition) is 1. The standard InChI is InChI=1S/C19H17Cl2NO4/c1-25-15-4-2-3-14(9-15)11-22-18(23)12-26-19(24)8-6-13-5-7-16(20)17(21)10-13/h2-10H,11-12H2,1H3,(H,22,23)/b8-6+. The van der Waals surface area contributed by atoms with E-state index >= 15 is 0 Å². The zero-order chi connectivity index (χ0) is 18.9. The summed E-state index contributed by atoms with van der Waals surface area (Å²) in [6, 6.07) is 12.3. The first-order valence-electron chi connectivity index (χ1n) is 7.67. The second-order valence-electron chi connectivity index (χ2n) is 5.24. The number of benzene rings is 2. The van der Waals surface area contributed by atoms with Crippen molar-refractivity contribution in [2.24, 2.45) is 0 Å². The summed E-state index contributed by atoms with van der Waals surface area (Å²) >= 11 is 11.7. The summed E-state index contributed by atoms with van der Waals surface area (Å²) in [5.74, 6) is -0.327. The van der Waals surface area contributed by atoms with Gasteiger partial charge in [-0.2, -0.15) is 0 Å². The molecule has 0 unspecified atom stereocenters. The molecule has 0 heterocycles. The number of esters is 1. The van der Waals surface area contributed by atoms with Crippen LogP contribution in [0.4, 0.5) is 0 Å². The highest BCUT2D eigenvalue weighted by molar-refractivity contribution is 6.42. The van der Waals surface area contributed by atoms with Crippen molar-refractivity contribution in [1.82, 2.24) is 5.32 Å². The van der Waals surface area contributed by atoms with Crippen LogP contribution in [0, 0.1) is 0 Å². The number of hydrogen-bond acceptors (Lipinski definition) is 4. The van der Waals surface area contributed by atoms with E-state index in [0.29, 0.717) is 27.9 Å². The van der Waals surface area contributed by atoms with E-state index in [-0.39, 0.29) is 6.61 Å². The molecule has 0 aliphatic heterocycles. The molecule has 0 aromatic heterocycles. The predicted octanol–water partition coefficient (Wildman–Crippen LogP) is 3.87. The van der Waals surface area contributed by atoms with Gasteiger partial charge in [0.05, 0.1) is 17.2 Å². The van der Waals surface area contributed by atoms with Crippen LogP contribution in [-0.2, 0) is 20.9 Å². The van der Waals surface area contributed by atoms with E-state index in [2.05, 4.69) is 5.32 Å². The van der Waals surface area contributed by atoms with E-state index < -0.39 is 11.9 Å². The van der Waals surface area contributed by atoms with E-state index in [1.165, 1.54) is 12.2 Å². The molecule has 1 amide bonds. The summed E-state index contributed by atoms with van der Waals surface area (Å²) < 4.78 is 10.0. The van der Waals surface area contributed by atoms with E-state index in [9.17, 15) is 9.59 Å². The second-order valence-corrected chi connectivity index (χ2v) is 6.06. The molecule has 0 saturated carbocycles. The third-order valence-corrected chi connectivity index (χ3v) is 4.06. The van der Waals surface area contributed by atoms with Crippen LogP contribution in [0.25, 0.3) is 6.08 Å². The molecule has 0 atom stereocenters. The molecule has 1 N–H and O–H groups in total. The summed E-state index contributed by atoms with van der Waals surface area (Å²) in [6.07, 6.45) is 2.74. The minimum atomic E-state index is -0.632. The summed E-state index contributed by atoms with van der Waals surface area (Å²) in [7, 11) is 1.57. The molecule has 5 nitrogen and oxygen atoms in total. The fraction of sp³-hybridized carbons (Fsp3) is 0.158. The molecule has 0 radical (unpaired) electrons. The largest absolute Gasteiger partial charge is 0.497 e. The average Bonchev–Trinajstić information content (AvgIpc) is 2.65. The topological polar surface area (TPSA) is 64.6 Å². The Hall–Kier alpha value is -2.50. The summed E-state index contributed by atoms with van der Waals surface area (Å²) in [5, 5.41) is 3.48. The highest BCUT2D eigenvalue weighted by Gasteiger charge is 2.06. The van der Waals surface area contributed by atoms with Gasteiger partial charge in [0, 0.05) is 12.6 Å². The molecule has 0 fully saturated rings. The molecule has 2 aromatic carbocycles. The lowest BCUT2D eigenvalue weighted by Crippen LogP contribution is -2.28. The Kier molecular flexibility index (Phi) is 7.51. The van der Waals surface area contributed by atoms with Gasteiger partial charge in [-0.15, -0.1) is 0 Å². The SMILES string of the molecule is COc1cccc(CNC(=O)COC(=O)/C=C/c2ccc(Cl)c(Cl)c2)c1. The summed E-state index contributed by atoms with van der Waals surface area (Å²) in [4.78, 5) is 23.4. The highest BCUT2D eigenvalue weighted by atomic mass is 35.5. The maximum absolute atomic E-state index is 11.8. The van der Waals surface area contributed by atoms with Crippen LogP contribution in [0.3, 0.4) is 0 Å². The number of carbonyl (C=O) groups excluding carboxylic acids is 2. The maximum Gasteiger partial charge on any atom is 0.331 e. The lowest BCUT2D eigenvalue weighted by molar-refractivity contribution is -0.143. The fourth-order valence-electron chi connectivity index (χ4n) is 2.00. The van der Waals surface area contributed by atoms with Crippen LogP contribution < -0.4 is 10.1 Å². The Balaban J connectivity index is 1.76. The molecular formula is C19H17Cl2NO4. The Morgan fingerprint density at radius 3 is 2.65 bits per heavy atom. The van der Waals surface area contributed by atoms with Crippen LogP contribution in [0.5, 0.6) is 5.75 Å². The van der Waals surface area contributed by atoms with Crippen molar-refractivity contribution in [1.29, 1.82) is 0 Å². The molecule has 0 bridgehead atoms. The first-order chi connectivity index (χ1) is 12.5. The molecule has 2 aromatic rings. The van der Waals surface area contributed by atoms with Crippen molar-refractivity contribution < 1.29 is 19.1 Å². The van der Waals surface area contributed by atoms with Crippen molar-refractivity contribution in [3.05, 3.63) is 69.7 Å². The van der Waals surface area contributed by atoms with E-state index in [4.69, 9.17) is 32.7 Å². The van der Waals surface area contributed by atoms with Crippen LogP contribution in [0.1, 0.15) is 11.1 Å². The molecular weight excluding hydrogens is 377 g/mol. The van der Waals surface area contributed by atoms with Gasteiger partial charge in [-0.25, -0.2) is 4.79 Å². The minimum Gasteiger partial charge on any atom is -0.497 e. The monoisotopic (exact) mass is 393 g/mol. The molecule has 136 valence electrons. The number of ether oxygens (including phenoxy) is 2. The van der Waals surface area contributed by atoms with Crippen molar-refractivity contribution in [2.75, 3.05) is 13.7 Å². The van der Waals surface area contributed by atoms with Crippen molar-refractivity contribution in [3.63, 3.8) is 0 Å². The van der Waals surface area contributed by atoms with Crippen molar-refractivity contribution in [2.45, 2.75) is 6.54 Å². The van der Waals surface area contributed by atoms with E-state index in [1.807, 2.05) is 24.3 Å². The molecule has 0 aliphatic carbocycles. The summed E-state index contributed by atoms with van der Waals surface area (Å²) in [6.45, 7) is -0.0544. The van der Waals surface area contributed by atoms with Gasteiger partial charge in [0.2, 0.25) is 0 Å². The first-order valence-corrected chi connectivity index (χ1v) is 8.43. The number of rotatable bonds is 7. The van der Waals surface area contributed by atoms with Crippen LogP contribution in [0.2, 0.25) is 10.0 Å². The molecule has 7 heteroatoms. The smallest absolute Gasteiger partial charge is 0.331 e. The lowest BCUT2D eigenvalue weighted by atomic mass is 10.2. The van der Waals surface area contributed by atoms with E-state index in [0.717, 1.165) is 5.56 Å². The van der Waals surface area contributed by atoms with Gasteiger partial charge < -0.3 is 14.8 Å². The van der Waals surface area contributed by atoms with Gasteiger partial charge in [0.15, 0.2) is 6.61 Å². The molecule has 0 aliphatic rings. The third-order valence-electron chi connectivity index (χ3n) is 3.32. The van der Waals surface area contributed by atoms with Gasteiger partial charge in [-0.1, -0.05) is 41.4 Å². The first kappa shape index (κ1) is 19.8. The lowest BCUT2D eigenvalue weighted by Gasteiger charge is -2.07. The molecule has 0 saturated heterocycles. The molecule has 26 heavy (non-hydrogen) atoms. The predicted molar refractivity (Wildman–Crippen MR) is 101 cm³/mol. The second kappa shape index (κ2) is 9.85. The zero-order valence-electron chi connectivity index (χ0n) is 14.0. The molecule has 2 rings (SSSR count). The number of amides is 1. The Labute approximate surface area is 161 Å². The summed E-state index contributed by atoms with van der Waals surface area (Å²) in [5.41, 5.74) is 1.57. The maximum atomic E-state index is 11.8. The quantitative estimate of drug-likeness (QED) is 0.572. The number of halogens is 2. The van der Waals surface area contributed by atoms with Crippen molar-refractivity contribution >= 4 is 41.2 Å². The number of carbonyl (C=O) groups is 2. The van der Waals surface area contributed by atoms with Crippen LogP contribution in [-0.4, -0.2) is 25.6 Å². The Morgan fingerprint density at radius 2 is 1.92 bits per heavy atom. The van der Waals surface area contributed by atoms with Crippen LogP contribution in [0.15, 0.2) is 48.5 Å². The fourth-order valence-corrected chi connectivity index (χ4v) is 2.31. The average molecular weight is 394 g/mol. The molecule has 0 spiro atoms. The third kappa shape index (κ3) is 6.43. The van der Waals surface area contributed by atoms with Gasteiger partial charge in [-0.3, -0.25) is 4.79 Å². The van der Waals surface area contributed by atoms with Gasteiger partial charge >= 0.3 is 5.97 Å². The minimum absolute atomic E-state index is 0.312. The normalized spacial score (nSPS) is 10.6. The van der Waals surface area contributed by atoms with Crippen LogP contribution >= 0.6 is 23.2 Å². The number of methoxy groups -OCH3 is 1. The Bertz CT molecular complexity index is 821. The van der Waals surface area contributed by atoms with E-state index in [1.54, 1.807) is 25.3 Å². The number of nitrogens with one attached hydrogen (secondary N) is 1.